The van der Waals surface area contributed by atoms with E-state index in [-0.39, 0.29) is 0 Å². The zero-order valence-corrected chi connectivity index (χ0v) is 11.2. The van der Waals surface area contributed by atoms with Crippen molar-refractivity contribution >= 4 is 33.3 Å². The summed E-state index contributed by atoms with van der Waals surface area (Å²) >= 11 is 1.84. The van der Waals surface area contributed by atoms with Crippen LogP contribution in [0, 0.1) is 0 Å². The molecule has 0 aromatic carbocycles. The lowest BCUT2D eigenvalue weighted by Gasteiger charge is -2.03. The first kappa shape index (κ1) is 12.4. The predicted molar refractivity (Wildman–Crippen MR) is 69.9 cm³/mol. The summed E-state index contributed by atoms with van der Waals surface area (Å²) in [6.45, 7) is 4.44. The quantitative estimate of drug-likeness (QED) is 0.690. The van der Waals surface area contributed by atoms with Gasteiger partial charge >= 0.3 is 0 Å². The Bertz CT molecular complexity index is 258. The lowest BCUT2D eigenvalue weighted by molar-refractivity contribution is 0.563. The fraction of sp³-hybridized carbons (Fsp3) is 0.600. The molecule has 0 saturated heterocycles. The molecule has 0 aliphatic carbocycles. The summed E-state index contributed by atoms with van der Waals surface area (Å²) in [5.74, 6) is 2.11. The van der Waals surface area contributed by atoms with E-state index in [2.05, 4.69) is 20.1 Å². The third kappa shape index (κ3) is 4.24. The first-order chi connectivity index (χ1) is 6.74. The van der Waals surface area contributed by atoms with Crippen molar-refractivity contribution in [1.29, 1.82) is 0 Å². The number of rotatable bonds is 6. The lowest BCUT2D eigenvalue weighted by atomic mass is 10.2. The van der Waals surface area contributed by atoms with Gasteiger partial charge in [-0.1, -0.05) is 35.4 Å². The van der Waals surface area contributed by atoms with Gasteiger partial charge in [0, 0.05) is 27.9 Å². The van der Waals surface area contributed by atoms with Crippen LogP contribution in [-0.4, -0.2) is 11.5 Å². The average Bonchev–Trinajstić information content (AvgIpc) is 2.53. The Hall–Kier alpha value is 0.330. The van der Waals surface area contributed by atoms with E-state index in [9.17, 15) is 0 Å². The molecular formula is C10H16OS3. The SMILES string of the molecule is CSCc1cocc1CSSC(C)C. The first-order valence-corrected chi connectivity index (χ1v) is 8.32. The van der Waals surface area contributed by atoms with Crippen LogP contribution in [0.5, 0.6) is 0 Å². The second kappa shape index (κ2) is 6.75. The minimum Gasteiger partial charge on any atom is -0.472 e. The zero-order chi connectivity index (χ0) is 10.4. The largest absolute Gasteiger partial charge is 0.472 e. The summed E-state index contributed by atoms with van der Waals surface area (Å²) in [4.78, 5) is 0. The highest BCUT2D eigenvalue weighted by atomic mass is 33.1. The van der Waals surface area contributed by atoms with E-state index in [0.29, 0.717) is 5.25 Å². The molecule has 1 heterocycles. The summed E-state index contributed by atoms with van der Waals surface area (Å²) < 4.78 is 5.22. The third-order valence-corrected chi connectivity index (χ3v) is 5.07. The van der Waals surface area contributed by atoms with Crippen LogP contribution in [0.25, 0.3) is 0 Å². The number of furan rings is 1. The Morgan fingerprint density at radius 1 is 1.21 bits per heavy atom. The maximum atomic E-state index is 5.22. The highest BCUT2D eigenvalue weighted by Gasteiger charge is 2.05. The zero-order valence-electron chi connectivity index (χ0n) is 8.78. The Balaban J connectivity index is 2.37. The van der Waals surface area contributed by atoms with Gasteiger partial charge in [0.25, 0.3) is 0 Å². The molecule has 0 bridgehead atoms. The number of thioether (sulfide) groups is 1. The molecule has 0 saturated carbocycles. The minimum atomic E-state index is 0.691. The molecule has 0 amide bonds. The van der Waals surface area contributed by atoms with Crippen LogP contribution in [0.3, 0.4) is 0 Å². The van der Waals surface area contributed by atoms with E-state index in [1.807, 2.05) is 45.9 Å². The molecule has 0 radical (unpaired) electrons. The van der Waals surface area contributed by atoms with Gasteiger partial charge in [0.15, 0.2) is 0 Å². The van der Waals surface area contributed by atoms with Crippen LogP contribution in [0.4, 0.5) is 0 Å². The molecule has 0 aliphatic heterocycles. The molecule has 0 atom stereocenters. The summed E-state index contributed by atoms with van der Waals surface area (Å²) in [7, 11) is 3.83. The van der Waals surface area contributed by atoms with E-state index in [4.69, 9.17) is 4.42 Å². The monoisotopic (exact) mass is 248 g/mol. The standard InChI is InChI=1S/C10H16OS3/c1-8(2)14-13-7-10-5-11-4-9(10)6-12-3/h4-5,8H,6-7H2,1-3H3. The van der Waals surface area contributed by atoms with Crippen molar-refractivity contribution in [3.63, 3.8) is 0 Å². The van der Waals surface area contributed by atoms with E-state index in [0.717, 1.165) is 11.5 Å². The normalized spacial score (nSPS) is 11.1. The molecule has 80 valence electrons. The second-order valence-corrected chi connectivity index (χ2v) is 7.07. The van der Waals surface area contributed by atoms with Gasteiger partial charge in [0.05, 0.1) is 12.5 Å². The summed E-state index contributed by atoms with van der Waals surface area (Å²) in [5, 5.41) is 0.691. The molecule has 0 fully saturated rings. The molecule has 14 heavy (non-hydrogen) atoms. The molecule has 1 nitrogen and oxygen atoms in total. The molecule has 4 heteroatoms. The summed E-state index contributed by atoms with van der Waals surface area (Å²) in [6.07, 6.45) is 5.86. The van der Waals surface area contributed by atoms with Crippen molar-refractivity contribution in [2.24, 2.45) is 0 Å². The first-order valence-electron chi connectivity index (χ1n) is 4.55. The smallest absolute Gasteiger partial charge is 0.0946 e. The van der Waals surface area contributed by atoms with Crippen molar-refractivity contribution in [2.75, 3.05) is 6.26 Å². The molecule has 0 spiro atoms. The van der Waals surface area contributed by atoms with Crippen LogP contribution in [0.1, 0.15) is 25.0 Å². The van der Waals surface area contributed by atoms with Gasteiger partial charge in [0.2, 0.25) is 0 Å². The van der Waals surface area contributed by atoms with E-state index in [1.54, 1.807) is 0 Å². The topological polar surface area (TPSA) is 13.1 Å². The van der Waals surface area contributed by atoms with Crippen molar-refractivity contribution in [3.8, 4) is 0 Å². The van der Waals surface area contributed by atoms with Crippen molar-refractivity contribution in [1.82, 2.24) is 0 Å². The highest BCUT2D eigenvalue weighted by molar-refractivity contribution is 8.76. The van der Waals surface area contributed by atoms with Crippen molar-refractivity contribution in [2.45, 2.75) is 30.6 Å². The van der Waals surface area contributed by atoms with E-state index < -0.39 is 0 Å². The number of hydrogen-bond donors (Lipinski definition) is 0. The molecule has 0 unspecified atom stereocenters. The van der Waals surface area contributed by atoms with Crippen LogP contribution in [-0.2, 0) is 11.5 Å². The van der Waals surface area contributed by atoms with Gasteiger partial charge < -0.3 is 4.42 Å². The maximum absolute atomic E-state index is 5.22. The molecule has 0 N–H and O–H groups in total. The lowest BCUT2D eigenvalue weighted by Crippen LogP contribution is -1.85. The predicted octanol–water partition coefficient (Wildman–Crippen LogP) is 4.43. The van der Waals surface area contributed by atoms with Crippen LogP contribution < -0.4 is 0 Å². The van der Waals surface area contributed by atoms with Gasteiger partial charge in [-0.25, -0.2) is 0 Å². The highest BCUT2D eigenvalue weighted by Crippen LogP contribution is 2.31. The Morgan fingerprint density at radius 2 is 1.86 bits per heavy atom. The van der Waals surface area contributed by atoms with Gasteiger partial charge in [-0.3, -0.25) is 0 Å². The summed E-state index contributed by atoms with van der Waals surface area (Å²) in [6, 6.07) is 0. The molecule has 0 aliphatic rings. The molecule has 1 rings (SSSR count). The number of hydrogen-bond acceptors (Lipinski definition) is 4. The third-order valence-electron chi connectivity index (χ3n) is 1.61. The molecule has 1 aromatic heterocycles. The Kier molecular flexibility index (Phi) is 5.98. The van der Waals surface area contributed by atoms with Crippen molar-refractivity contribution < 1.29 is 4.42 Å². The van der Waals surface area contributed by atoms with E-state index in [1.165, 1.54) is 11.1 Å². The fourth-order valence-electron chi connectivity index (χ4n) is 0.992. The van der Waals surface area contributed by atoms with Crippen LogP contribution >= 0.6 is 33.3 Å². The van der Waals surface area contributed by atoms with E-state index >= 15 is 0 Å². The van der Waals surface area contributed by atoms with Crippen molar-refractivity contribution in [3.05, 3.63) is 23.7 Å². The van der Waals surface area contributed by atoms with Gasteiger partial charge in [-0.2, -0.15) is 11.8 Å². The maximum Gasteiger partial charge on any atom is 0.0946 e. The molecular weight excluding hydrogens is 232 g/mol. The Morgan fingerprint density at radius 3 is 2.43 bits per heavy atom. The van der Waals surface area contributed by atoms with Gasteiger partial charge in [-0.15, -0.1) is 0 Å². The molecule has 1 aromatic rings. The van der Waals surface area contributed by atoms with Gasteiger partial charge in [0.1, 0.15) is 0 Å². The summed E-state index contributed by atoms with van der Waals surface area (Å²) in [5.41, 5.74) is 2.69. The second-order valence-electron chi connectivity index (χ2n) is 3.26. The fourth-order valence-corrected chi connectivity index (χ4v) is 3.68. The van der Waals surface area contributed by atoms with Gasteiger partial charge in [-0.05, 0) is 6.26 Å². The Labute approximate surface area is 98.2 Å². The average molecular weight is 248 g/mol. The van der Waals surface area contributed by atoms with Crippen LogP contribution in [0.15, 0.2) is 16.9 Å². The van der Waals surface area contributed by atoms with Crippen LogP contribution in [0.2, 0.25) is 0 Å². The minimum absolute atomic E-state index is 0.691.